The first-order chi connectivity index (χ1) is 35.7. The molecule has 0 radical (unpaired) electrons. The second-order valence-electron chi connectivity index (χ2n) is 19.4. The fourth-order valence-corrected chi connectivity index (χ4v) is 12.7. The fourth-order valence-electron chi connectivity index (χ4n) is 12.7. The molecule has 0 amide bonds. The number of fused-ring (bicyclic) bond motifs is 16. The van der Waals surface area contributed by atoms with Gasteiger partial charge < -0.3 is 8.98 Å². The Kier molecular flexibility index (Phi) is 8.20. The van der Waals surface area contributed by atoms with Gasteiger partial charge in [-0.2, -0.15) is 0 Å². The third-order valence-electron chi connectivity index (χ3n) is 15.7. The topological polar surface area (TPSA) is 18.1 Å². The average molecular weight is 912 g/mol. The summed E-state index contributed by atoms with van der Waals surface area (Å²) in [6, 6.07) is 91.9. The van der Waals surface area contributed by atoms with Gasteiger partial charge in [0, 0.05) is 27.2 Å². The van der Waals surface area contributed by atoms with Gasteiger partial charge in [-0.3, -0.25) is 0 Å². The summed E-state index contributed by atoms with van der Waals surface area (Å²) < 4.78 is 9.14. The second kappa shape index (κ2) is 15.0. The first-order valence-electron chi connectivity index (χ1n) is 24.9. The molecule has 0 atom stereocenters. The largest absolute Gasteiger partial charge is 0.456 e. The summed E-state index contributed by atoms with van der Waals surface area (Å²) in [4.78, 5) is 0. The van der Waals surface area contributed by atoms with Gasteiger partial charge in [0.05, 0.1) is 11.0 Å². The van der Waals surface area contributed by atoms with Crippen LogP contribution in [0.15, 0.2) is 253 Å². The van der Waals surface area contributed by atoms with Crippen LogP contribution in [0.4, 0.5) is 0 Å². The maximum absolute atomic E-state index is 6.74. The van der Waals surface area contributed by atoms with E-state index in [0.29, 0.717) is 0 Å². The summed E-state index contributed by atoms with van der Waals surface area (Å²) in [5.74, 6) is 0. The number of hydrogen-bond acceptors (Lipinski definition) is 1. The van der Waals surface area contributed by atoms with E-state index in [4.69, 9.17) is 4.42 Å². The summed E-state index contributed by atoms with van der Waals surface area (Å²) in [6.45, 7) is 0. The molecule has 2 nitrogen and oxygen atoms in total. The molecular weight excluding hydrogens is 871 g/mol. The first kappa shape index (κ1) is 39.4. The van der Waals surface area contributed by atoms with Crippen molar-refractivity contribution in [2.75, 3.05) is 0 Å². The van der Waals surface area contributed by atoms with Crippen LogP contribution in [0.3, 0.4) is 0 Å². The highest BCUT2D eigenvalue weighted by atomic mass is 16.3. The Balaban J connectivity index is 0.914. The summed E-state index contributed by atoms with van der Waals surface area (Å²) >= 11 is 0. The molecule has 14 aromatic carbocycles. The first-order valence-corrected chi connectivity index (χ1v) is 24.9. The molecule has 2 heterocycles. The van der Waals surface area contributed by atoms with E-state index in [-0.39, 0.29) is 0 Å². The molecule has 0 aliphatic heterocycles. The summed E-state index contributed by atoms with van der Waals surface area (Å²) in [6.07, 6.45) is 0. The summed E-state index contributed by atoms with van der Waals surface area (Å²) in [5.41, 5.74) is 12.7. The molecule has 16 aromatic rings. The predicted molar refractivity (Wildman–Crippen MR) is 307 cm³/mol. The minimum atomic E-state index is 0.891. The molecule has 332 valence electrons. The number of nitrogens with zero attached hydrogens (tertiary/aromatic N) is 1. The lowest BCUT2D eigenvalue weighted by Gasteiger charge is -2.22. The van der Waals surface area contributed by atoms with Crippen LogP contribution in [0.2, 0.25) is 0 Å². The molecule has 0 N–H and O–H groups in total. The normalized spacial score (nSPS) is 12.2. The fraction of sp³-hybridized carbons (Fsp3) is 0. The molecule has 0 unspecified atom stereocenters. The lowest BCUT2D eigenvalue weighted by Crippen LogP contribution is -1.95. The minimum Gasteiger partial charge on any atom is -0.456 e. The maximum Gasteiger partial charge on any atom is 0.136 e. The molecular formula is C70H41NO. The molecule has 2 aromatic heterocycles. The maximum atomic E-state index is 6.74. The highest BCUT2D eigenvalue weighted by Gasteiger charge is 2.24. The van der Waals surface area contributed by atoms with Gasteiger partial charge in [0.15, 0.2) is 0 Å². The van der Waals surface area contributed by atoms with Gasteiger partial charge in [-0.15, -0.1) is 0 Å². The molecule has 0 saturated heterocycles. The van der Waals surface area contributed by atoms with Crippen molar-refractivity contribution < 1.29 is 4.42 Å². The van der Waals surface area contributed by atoms with Crippen molar-refractivity contribution >= 4 is 119 Å². The number of rotatable bonds is 4. The van der Waals surface area contributed by atoms with Crippen LogP contribution in [0.1, 0.15) is 0 Å². The third kappa shape index (κ3) is 5.49. The minimum absolute atomic E-state index is 0.891. The number of hydrogen-bond donors (Lipinski definition) is 0. The zero-order chi connectivity index (χ0) is 47.0. The van der Waals surface area contributed by atoms with Crippen LogP contribution >= 0.6 is 0 Å². The van der Waals surface area contributed by atoms with Crippen LogP contribution in [0.25, 0.3) is 158 Å². The van der Waals surface area contributed by atoms with Gasteiger partial charge in [0.1, 0.15) is 11.2 Å². The van der Waals surface area contributed by atoms with Crippen LogP contribution in [-0.4, -0.2) is 4.57 Å². The van der Waals surface area contributed by atoms with E-state index in [1.54, 1.807) is 0 Å². The van der Waals surface area contributed by atoms with Gasteiger partial charge in [-0.25, -0.2) is 0 Å². The van der Waals surface area contributed by atoms with Gasteiger partial charge in [-0.05, 0) is 157 Å². The van der Waals surface area contributed by atoms with E-state index >= 15 is 0 Å². The average Bonchev–Trinajstić information content (AvgIpc) is 3.98. The van der Waals surface area contributed by atoms with Crippen molar-refractivity contribution in [2.45, 2.75) is 0 Å². The van der Waals surface area contributed by atoms with Crippen molar-refractivity contribution in [1.82, 2.24) is 4.57 Å². The van der Waals surface area contributed by atoms with E-state index < -0.39 is 0 Å². The lowest BCUT2D eigenvalue weighted by atomic mass is 9.81. The number of para-hydroxylation sites is 2. The van der Waals surface area contributed by atoms with Crippen LogP contribution in [-0.2, 0) is 0 Å². The highest BCUT2D eigenvalue weighted by molar-refractivity contribution is 6.31. The molecule has 72 heavy (non-hydrogen) atoms. The molecule has 2 heteroatoms. The van der Waals surface area contributed by atoms with Crippen molar-refractivity contribution in [1.29, 1.82) is 0 Å². The molecule has 0 aliphatic carbocycles. The molecule has 0 aliphatic rings. The van der Waals surface area contributed by atoms with E-state index in [1.165, 1.54) is 131 Å². The Labute approximate surface area is 413 Å². The molecule has 0 spiro atoms. The van der Waals surface area contributed by atoms with Crippen molar-refractivity contribution in [3.05, 3.63) is 249 Å². The van der Waals surface area contributed by atoms with Crippen LogP contribution in [0.5, 0.6) is 0 Å². The zero-order valence-electron chi connectivity index (χ0n) is 39.0. The Morgan fingerprint density at radius 2 is 0.542 bits per heavy atom. The number of furan rings is 1. The second-order valence-corrected chi connectivity index (χ2v) is 19.4. The molecule has 0 saturated carbocycles. The third-order valence-corrected chi connectivity index (χ3v) is 15.7. The monoisotopic (exact) mass is 911 g/mol. The standard InChI is InChI=1S/C70H41NO/c1-3-19-47-45(17-1)46-18-2-4-20-48(46)60-41-66-62(40-59(47)60)61-39-43(35-38-65(61)72-66)68-53-25-7-11-29-57(53)70(58-30-12-8-26-54(58)68)69-55-27-9-5-23-51(55)67(52-24-6-10-28-56(52)69)42-33-36-44(37-34-42)71-63-31-15-13-21-49(63)50-22-14-16-32-64(50)71/h1-41H. The van der Waals surface area contributed by atoms with Gasteiger partial charge >= 0.3 is 0 Å². The van der Waals surface area contributed by atoms with E-state index in [2.05, 4.69) is 253 Å². The summed E-state index contributed by atoms with van der Waals surface area (Å²) in [5, 5.41) is 22.1. The Hall–Kier alpha value is -9.50. The molecule has 0 bridgehead atoms. The van der Waals surface area contributed by atoms with Gasteiger partial charge in [0.2, 0.25) is 0 Å². The molecule has 0 fully saturated rings. The lowest BCUT2D eigenvalue weighted by molar-refractivity contribution is 0.669. The Morgan fingerprint density at radius 3 is 1.00 bits per heavy atom. The predicted octanol–water partition coefficient (Wildman–Crippen LogP) is 19.8. The SMILES string of the molecule is c1ccc2c(-c3c4ccccc4c(-c4ccc5oc6cc7c8ccccc8c8ccccc8c7cc6c5c4)c4ccccc34)c3ccccc3c(-c3ccc(-n4c5ccccc5c5ccccc54)cc3)c2c1. The van der Waals surface area contributed by atoms with Crippen molar-refractivity contribution in [3.63, 3.8) is 0 Å². The van der Waals surface area contributed by atoms with Crippen LogP contribution in [0, 0.1) is 0 Å². The number of aromatic nitrogens is 1. The van der Waals surface area contributed by atoms with E-state index in [9.17, 15) is 0 Å². The van der Waals surface area contributed by atoms with Crippen molar-refractivity contribution in [2.24, 2.45) is 0 Å². The van der Waals surface area contributed by atoms with Crippen molar-refractivity contribution in [3.8, 4) is 39.1 Å². The van der Waals surface area contributed by atoms with Crippen LogP contribution < -0.4 is 0 Å². The van der Waals surface area contributed by atoms with Gasteiger partial charge in [-0.1, -0.05) is 200 Å². The van der Waals surface area contributed by atoms with E-state index in [0.717, 1.165) is 27.6 Å². The quantitative estimate of drug-likeness (QED) is 0.127. The Bertz CT molecular complexity index is 4810. The highest BCUT2D eigenvalue weighted by Crippen LogP contribution is 2.51. The zero-order valence-corrected chi connectivity index (χ0v) is 39.0. The Morgan fingerprint density at radius 1 is 0.208 bits per heavy atom. The smallest absolute Gasteiger partial charge is 0.136 e. The molecule has 16 rings (SSSR count). The van der Waals surface area contributed by atoms with Gasteiger partial charge in [0.25, 0.3) is 0 Å². The number of benzene rings is 14. The van der Waals surface area contributed by atoms with E-state index in [1.807, 2.05) is 0 Å². The summed E-state index contributed by atoms with van der Waals surface area (Å²) in [7, 11) is 0.